The second-order valence-electron chi connectivity index (χ2n) is 21.0. The van der Waals surface area contributed by atoms with Crippen LogP contribution in [0.4, 0.5) is 0 Å². The summed E-state index contributed by atoms with van der Waals surface area (Å²) in [6.45, 7) is 0.513. The molecule has 0 bridgehead atoms. The molecule has 34 heteroatoms. The van der Waals surface area contributed by atoms with Crippen molar-refractivity contribution in [1.29, 1.82) is 0 Å². The van der Waals surface area contributed by atoms with E-state index in [1.807, 2.05) is 0 Å². The van der Waals surface area contributed by atoms with E-state index in [-0.39, 0.29) is 58.2 Å². The molecule has 5 saturated heterocycles. The third-order valence-electron chi connectivity index (χ3n) is 14.8. The molecule has 25 atom stereocenters. The first-order valence-electron chi connectivity index (χ1n) is 27.6. The normalized spacial score (nSPS) is 40.4. The van der Waals surface area contributed by atoms with E-state index in [9.17, 15) is 86.8 Å². The predicted molar refractivity (Wildman–Crippen MR) is 303 cm³/mol. The number of hydrogen-bond donors (Lipinski definition) is 19. The minimum atomic E-state index is -1.81. The van der Waals surface area contributed by atoms with Gasteiger partial charge in [-0.3, -0.25) is 0 Å². The maximum absolute atomic E-state index is 11.1. The molecule has 5 heterocycles. The monoisotopic (exact) mass is 1300 g/mol. The Morgan fingerprint density at radius 2 is 0.880 bits per heavy atom. The van der Waals surface area contributed by atoms with Gasteiger partial charge in [0.05, 0.1) is 63.9 Å². The third kappa shape index (κ3) is 21.0. The zero-order valence-corrected chi connectivity index (χ0v) is 50.4. The van der Waals surface area contributed by atoms with E-state index in [1.165, 1.54) is 30.6 Å². The molecule has 5 rings (SSSR count). The average Bonchev–Trinajstić information content (AvgIpc) is 3.61. The van der Waals surface area contributed by atoms with Gasteiger partial charge in [0.25, 0.3) is 0 Å². The van der Waals surface area contributed by atoms with Gasteiger partial charge in [-0.25, -0.2) is 0 Å². The molecule has 0 spiro atoms. The zero-order valence-electron chi connectivity index (χ0n) is 46.3. The van der Waals surface area contributed by atoms with Crippen LogP contribution < -0.4 is 10.6 Å². The first-order valence-corrected chi connectivity index (χ1v) is 32.3. The van der Waals surface area contributed by atoms with Crippen LogP contribution >= 0.6 is 59.3 Å². The van der Waals surface area contributed by atoms with Crippen molar-refractivity contribution in [2.75, 3.05) is 115 Å². The summed E-state index contributed by atoms with van der Waals surface area (Å²) in [5.74, 6) is 1.84. The van der Waals surface area contributed by atoms with Crippen LogP contribution in [0.15, 0.2) is 0 Å². The Morgan fingerprint density at radius 3 is 1.34 bits per heavy atom. The molecule has 488 valence electrons. The zero-order chi connectivity index (χ0) is 61.0. The molecule has 5 aliphatic rings. The fourth-order valence-electron chi connectivity index (χ4n) is 9.55. The molecule has 0 radical (unpaired) electrons. The predicted octanol–water partition coefficient (Wildman–Crippen LogP) is -7.46. The summed E-state index contributed by atoms with van der Waals surface area (Å²) in [4.78, 5) is 0. The number of thioether (sulfide) groups is 4. The summed E-state index contributed by atoms with van der Waals surface area (Å²) in [7, 11) is 1.39. The van der Waals surface area contributed by atoms with Gasteiger partial charge in [-0.15, -0.1) is 35.3 Å². The highest BCUT2D eigenvalue weighted by Gasteiger charge is 2.51. The maximum atomic E-state index is 11.1. The summed E-state index contributed by atoms with van der Waals surface area (Å²) in [5.41, 5.74) is -3.88. The van der Waals surface area contributed by atoms with E-state index in [4.69, 9.17) is 59.6 Å². The van der Waals surface area contributed by atoms with Crippen LogP contribution in [0.5, 0.6) is 0 Å². The van der Waals surface area contributed by atoms with Crippen molar-refractivity contribution in [3.63, 3.8) is 0 Å². The number of aliphatic hydroxyl groups is 17. The van der Waals surface area contributed by atoms with Crippen LogP contribution in [0.3, 0.4) is 0 Å². The second-order valence-corrected chi connectivity index (χ2v) is 26.2. The molecule has 0 aromatic carbocycles. The number of ether oxygens (including phenoxy) is 10. The molecule has 19 N–H and O–H groups in total. The molecular weight excluding hydrogens is 1210 g/mol. The van der Waals surface area contributed by atoms with Crippen LogP contribution in [-0.2, 0) is 47.4 Å². The highest BCUT2D eigenvalue weighted by Crippen LogP contribution is 2.35. The summed E-state index contributed by atoms with van der Waals surface area (Å²) < 4.78 is 58.2. The first kappa shape index (κ1) is 73.7. The number of hydrogen-bond acceptors (Lipinski definition) is 32. The van der Waals surface area contributed by atoms with Gasteiger partial charge in [-0.1, -0.05) is 6.92 Å². The molecular formula is C49H90N2O27S5. The number of nitrogens with one attached hydrogen (secondary N) is 2. The van der Waals surface area contributed by atoms with Gasteiger partial charge in [0.1, 0.15) is 120 Å². The van der Waals surface area contributed by atoms with Crippen molar-refractivity contribution in [3.8, 4) is 0 Å². The van der Waals surface area contributed by atoms with E-state index < -0.39 is 171 Å². The molecule has 0 saturated carbocycles. The van der Waals surface area contributed by atoms with E-state index in [0.717, 1.165) is 11.8 Å². The fraction of sp³-hybridized carbons (Fsp3) is 0.980. The van der Waals surface area contributed by atoms with Crippen LogP contribution in [0.25, 0.3) is 0 Å². The lowest BCUT2D eigenvalue weighted by Gasteiger charge is -2.46. The van der Waals surface area contributed by atoms with Crippen molar-refractivity contribution in [1.82, 2.24) is 10.6 Å². The molecule has 0 aliphatic carbocycles. The van der Waals surface area contributed by atoms with Crippen molar-refractivity contribution < 1.29 is 134 Å². The fourth-order valence-corrected chi connectivity index (χ4v) is 14.0. The van der Waals surface area contributed by atoms with Gasteiger partial charge in [-0.2, -0.15) is 11.8 Å². The smallest absolute Gasteiger partial charge is 0.187 e. The Balaban J connectivity index is 1.20. The summed E-state index contributed by atoms with van der Waals surface area (Å²) >= 11 is 10.7. The molecule has 0 aromatic heterocycles. The van der Waals surface area contributed by atoms with E-state index in [0.29, 0.717) is 59.7 Å². The van der Waals surface area contributed by atoms with Crippen molar-refractivity contribution >= 4 is 64.4 Å². The van der Waals surface area contributed by atoms with E-state index in [1.54, 1.807) is 18.7 Å². The Labute approximate surface area is 504 Å². The highest BCUT2D eigenvalue weighted by atomic mass is 32.2. The standard InChI is InChI=1S/C49H90N2O27S5/c1-23-28(74-43(69-2)37(64)29(23)56)18-80-13-6-50-48(79)51-19-49(20-70-7-3-10-81-45-39(66)34(61)31(58)25(15-53)75-45,21-71-8-4-11-82-46-40(67)35(62)32(59)26(16-54)76-46)22-72-9-5-12-83-47-41(68)36(63)42(27(17-55)77-47)78-44-38(65)33(60)30(57)24(14-52)73-44/h23-47,52-68H,3-22H2,1-2H3,(H2,50,51,79)/t23?,24?,25?,26?,27?,28?,29-,30-,31+,32+,33-,34-,35-,36+,37?,38?,39?,40?,41?,42+,43-,44-,45+,46+,47-,49?/m0/s1. The lowest BCUT2D eigenvalue weighted by Crippen LogP contribution is -2.64. The molecule has 11 unspecified atom stereocenters. The number of rotatable bonds is 35. The Hall–Kier alpha value is 0.01000. The van der Waals surface area contributed by atoms with Gasteiger partial charge < -0.3 is 145 Å². The quantitative estimate of drug-likeness (QED) is 0.0207. The summed E-state index contributed by atoms with van der Waals surface area (Å²) in [6.07, 6.45) is -27.5. The molecule has 0 amide bonds. The largest absolute Gasteiger partial charge is 0.394 e. The van der Waals surface area contributed by atoms with Gasteiger partial charge in [-0.05, 0) is 48.7 Å². The topological polar surface area (TPSA) is 460 Å². The van der Waals surface area contributed by atoms with Crippen LogP contribution in [0, 0.1) is 11.3 Å². The number of thiocarbonyl (C=S) groups is 1. The van der Waals surface area contributed by atoms with Crippen molar-refractivity contribution in [3.05, 3.63) is 0 Å². The number of methoxy groups -OCH3 is 1. The number of aliphatic hydroxyl groups excluding tert-OH is 17. The van der Waals surface area contributed by atoms with Crippen LogP contribution in [0.2, 0.25) is 0 Å². The van der Waals surface area contributed by atoms with E-state index >= 15 is 0 Å². The van der Waals surface area contributed by atoms with E-state index in [2.05, 4.69) is 10.6 Å². The van der Waals surface area contributed by atoms with Crippen LogP contribution in [-0.4, -0.2) is 352 Å². The lowest BCUT2D eigenvalue weighted by molar-refractivity contribution is -0.338. The lowest BCUT2D eigenvalue weighted by atomic mass is 9.90. The maximum Gasteiger partial charge on any atom is 0.187 e. The SMILES string of the molecule is CO[C@H]1OC(CSCCNC(=S)NCC(COCCCS[C@H]2OC(CO)[C@@H](O)[C@H](O)C2O)(COCCCS[C@H]2OC(CO)[C@@H](O)[C@H](O)C2O)COCCCS[C@@H]2OC(CO)[C@@H](O[C@@H]3OC(CO)[C@H](O)[C@H](O)C3O)[C@H](O)C2O)C(C)[C@H](O)C1O. The molecule has 29 nitrogen and oxygen atoms in total. The Bertz CT molecular complexity index is 1760. The Kier molecular flexibility index (Phi) is 33.2. The highest BCUT2D eigenvalue weighted by molar-refractivity contribution is 8.00. The second kappa shape index (κ2) is 37.4. The Morgan fingerprint density at radius 1 is 0.470 bits per heavy atom. The van der Waals surface area contributed by atoms with Crippen molar-refractivity contribution in [2.45, 2.75) is 171 Å². The summed E-state index contributed by atoms with van der Waals surface area (Å²) in [5, 5.41) is 182. The van der Waals surface area contributed by atoms with Gasteiger partial charge in [0.2, 0.25) is 0 Å². The van der Waals surface area contributed by atoms with Crippen molar-refractivity contribution in [2.24, 2.45) is 11.3 Å². The van der Waals surface area contributed by atoms with Gasteiger partial charge >= 0.3 is 0 Å². The molecule has 5 fully saturated rings. The minimum absolute atomic E-state index is 0.0375. The molecule has 83 heavy (non-hydrogen) atoms. The summed E-state index contributed by atoms with van der Waals surface area (Å²) in [6, 6.07) is 0. The average molecular weight is 1300 g/mol. The molecule has 5 aliphatic heterocycles. The minimum Gasteiger partial charge on any atom is -0.394 e. The third-order valence-corrected chi connectivity index (χ3v) is 19.8. The molecule has 0 aromatic rings. The first-order chi connectivity index (χ1) is 39.7. The van der Waals surface area contributed by atoms with Gasteiger partial charge in [0.15, 0.2) is 17.7 Å². The van der Waals surface area contributed by atoms with Gasteiger partial charge in [0, 0.05) is 57.4 Å². The van der Waals surface area contributed by atoms with Crippen LogP contribution in [0.1, 0.15) is 26.2 Å².